The van der Waals surface area contributed by atoms with E-state index in [1.165, 1.54) is 11.1 Å². The molecule has 2 fully saturated rings. The summed E-state index contributed by atoms with van der Waals surface area (Å²) in [5.41, 5.74) is 2.39. The highest BCUT2D eigenvalue weighted by Gasteiger charge is 2.33. The van der Waals surface area contributed by atoms with E-state index < -0.39 is 0 Å². The van der Waals surface area contributed by atoms with E-state index in [1.54, 1.807) is 7.11 Å². The molecule has 25 heavy (non-hydrogen) atoms. The van der Waals surface area contributed by atoms with Crippen LogP contribution in [0.1, 0.15) is 58.8 Å². The fourth-order valence-corrected chi connectivity index (χ4v) is 3.93. The number of ether oxygens (including phenoxy) is 3. The highest BCUT2D eigenvalue weighted by atomic mass is 16.5. The van der Waals surface area contributed by atoms with E-state index >= 15 is 0 Å². The lowest BCUT2D eigenvalue weighted by Crippen LogP contribution is -2.36. The predicted octanol–water partition coefficient (Wildman–Crippen LogP) is 4.03. The third-order valence-electron chi connectivity index (χ3n) is 5.71. The quantitative estimate of drug-likeness (QED) is 0.637. The van der Waals surface area contributed by atoms with Crippen LogP contribution in [-0.4, -0.2) is 49.3 Å². The Balaban J connectivity index is 1.81. The molecule has 2 rings (SSSR count). The number of hydrogen-bond donors (Lipinski definition) is 1. The Morgan fingerprint density at radius 2 is 1.88 bits per heavy atom. The van der Waals surface area contributed by atoms with Crippen molar-refractivity contribution in [1.29, 1.82) is 0 Å². The van der Waals surface area contributed by atoms with Crippen molar-refractivity contribution in [3.05, 3.63) is 24.3 Å². The van der Waals surface area contributed by atoms with Gasteiger partial charge in [0.25, 0.3) is 0 Å². The van der Waals surface area contributed by atoms with E-state index in [0.717, 1.165) is 44.9 Å². The summed E-state index contributed by atoms with van der Waals surface area (Å²) in [6, 6.07) is 0. The minimum absolute atomic E-state index is 0.0914. The average molecular weight is 353 g/mol. The molecule has 0 amide bonds. The molecule has 0 aromatic rings. The molecule has 144 valence electrons. The molecule has 1 N–H and O–H groups in total. The first-order valence-corrected chi connectivity index (χ1v) is 9.75. The lowest BCUT2D eigenvalue weighted by atomic mass is 9.85. The van der Waals surface area contributed by atoms with Crippen LogP contribution >= 0.6 is 0 Å². The first-order valence-electron chi connectivity index (χ1n) is 9.75. The standard InChI is InChI=1S/C21H36O4/c1-14-11-19(25-21(17(14)4)13-16(3)23-5)8-9-20-15(2)12-18(24-20)7-6-10-22/h14,16,18-22H,2,4,6-13H2,1,3,5H3/t14-,16-,18?,19?,20?,21-/m1/s1. The molecule has 3 unspecified atom stereocenters. The highest BCUT2D eigenvalue weighted by Crippen LogP contribution is 2.35. The Bertz CT molecular complexity index is 447. The highest BCUT2D eigenvalue weighted by molar-refractivity contribution is 5.12. The number of aliphatic hydroxyl groups excluding tert-OH is 1. The molecule has 0 aliphatic carbocycles. The SMILES string of the molecule is C=C1CC(CCCO)OC1CCC1C[C@@H](C)C(=C)[C@@H](C[C@@H](C)OC)O1. The molecule has 0 bridgehead atoms. The topological polar surface area (TPSA) is 47.9 Å². The summed E-state index contributed by atoms with van der Waals surface area (Å²) in [6.07, 6.45) is 7.39. The van der Waals surface area contributed by atoms with Crippen LogP contribution in [0.3, 0.4) is 0 Å². The summed E-state index contributed by atoms with van der Waals surface area (Å²) in [4.78, 5) is 0. The lowest BCUT2D eigenvalue weighted by molar-refractivity contribution is -0.0630. The second-order valence-electron chi connectivity index (χ2n) is 7.79. The van der Waals surface area contributed by atoms with Gasteiger partial charge in [-0.25, -0.2) is 0 Å². The summed E-state index contributed by atoms with van der Waals surface area (Å²) in [5.74, 6) is 0.484. The monoisotopic (exact) mass is 352 g/mol. The van der Waals surface area contributed by atoms with Crippen molar-refractivity contribution >= 4 is 0 Å². The molecule has 0 radical (unpaired) electrons. The van der Waals surface area contributed by atoms with Crippen molar-refractivity contribution in [2.24, 2.45) is 5.92 Å². The molecule has 0 aromatic carbocycles. The van der Waals surface area contributed by atoms with Gasteiger partial charge in [0.1, 0.15) is 0 Å². The van der Waals surface area contributed by atoms with Gasteiger partial charge in [0.2, 0.25) is 0 Å². The van der Waals surface area contributed by atoms with Crippen LogP contribution in [0, 0.1) is 5.92 Å². The predicted molar refractivity (Wildman–Crippen MR) is 101 cm³/mol. The van der Waals surface area contributed by atoms with Crippen LogP contribution < -0.4 is 0 Å². The van der Waals surface area contributed by atoms with Gasteiger partial charge >= 0.3 is 0 Å². The maximum absolute atomic E-state index is 8.97. The third kappa shape index (κ3) is 5.92. The molecule has 4 heteroatoms. The first kappa shape index (κ1) is 20.6. The van der Waals surface area contributed by atoms with Gasteiger partial charge in [-0.3, -0.25) is 0 Å². The summed E-state index contributed by atoms with van der Waals surface area (Å²) in [6.45, 7) is 13.0. The molecule has 6 atom stereocenters. The molecule has 0 spiro atoms. The summed E-state index contributed by atoms with van der Waals surface area (Å²) in [5, 5.41) is 8.97. The van der Waals surface area contributed by atoms with Crippen LogP contribution in [0.15, 0.2) is 24.3 Å². The molecule has 0 aromatic heterocycles. The maximum Gasteiger partial charge on any atom is 0.0813 e. The maximum atomic E-state index is 8.97. The van der Waals surface area contributed by atoms with E-state index in [-0.39, 0.29) is 37.1 Å². The van der Waals surface area contributed by atoms with Crippen molar-refractivity contribution < 1.29 is 19.3 Å². The number of aliphatic hydroxyl groups is 1. The van der Waals surface area contributed by atoms with Crippen LogP contribution in [0.25, 0.3) is 0 Å². The van der Waals surface area contributed by atoms with Crippen molar-refractivity contribution in [3.63, 3.8) is 0 Å². The zero-order chi connectivity index (χ0) is 18.4. The molecular weight excluding hydrogens is 316 g/mol. The molecule has 2 aliphatic heterocycles. The lowest BCUT2D eigenvalue weighted by Gasteiger charge is -2.37. The Kier molecular flexibility index (Phi) is 8.14. The van der Waals surface area contributed by atoms with Gasteiger partial charge in [0.15, 0.2) is 0 Å². The molecule has 2 aliphatic rings. The van der Waals surface area contributed by atoms with Crippen molar-refractivity contribution in [2.75, 3.05) is 13.7 Å². The molecular formula is C21H36O4. The van der Waals surface area contributed by atoms with Gasteiger partial charge in [0.05, 0.1) is 30.5 Å². The van der Waals surface area contributed by atoms with E-state index in [0.29, 0.717) is 5.92 Å². The van der Waals surface area contributed by atoms with Crippen molar-refractivity contribution in [1.82, 2.24) is 0 Å². The van der Waals surface area contributed by atoms with Gasteiger partial charge in [0, 0.05) is 20.1 Å². The Morgan fingerprint density at radius 1 is 1.16 bits per heavy atom. The molecule has 0 saturated carbocycles. The summed E-state index contributed by atoms with van der Waals surface area (Å²) < 4.78 is 17.9. The fourth-order valence-electron chi connectivity index (χ4n) is 3.93. The van der Waals surface area contributed by atoms with Crippen molar-refractivity contribution in [3.8, 4) is 0 Å². The van der Waals surface area contributed by atoms with Gasteiger partial charge in [-0.05, 0) is 62.5 Å². The zero-order valence-corrected chi connectivity index (χ0v) is 16.2. The van der Waals surface area contributed by atoms with Crippen LogP contribution in [-0.2, 0) is 14.2 Å². The van der Waals surface area contributed by atoms with Gasteiger partial charge in [-0.2, -0.15) is 0 Å². The number of methoxy groups -OCH3 is 1. The van der Waals surface area contributed by atoms with Gasteiger partial charge < -0.3 is 19.3 Å². The average Bonchev–Trinajstić information content (AvgIpc) is 2.95. The van der Waals surface area contributed by atoms with Gasteiger partial charge in [-0.1, -0.05) is 20.1 Å². The largest absolute Gasteiger partial charge is 0.396 e. The Labute approximate surface area is 153 Å². The first-order chi connectivity index (χ1) is 11.9. The zero-order valence-electron chi connectivity index (χ0n) is 16.2. The second-order valence-corrected chi connectivity index (χ2v) is 7.79. The van der Waals surface area contributed by atoms with E-state index in [9.17, 15) is 0 Å². The van der Waals surface area contributed by atoms with Crippen molar-refractivity contribution in [2.45, 2.75) is 89.3 Å². The van der Waals surface area contributed by atoms with E-state index in [1.807, 2.05) is 0 Å². The van der Waals surface area contributed by atoms with E-state index in [4.69, 9.17) is 19.3 Å². The van der Waals surface area contributed by atoms with Crippen LogP contribution in [0.2, 0.25) is 0 Å². The number of rotatable bonds is 9. The second kappa shape index (κ2) is 9.86. The minimum atomic E-state index is 0.0914. The van der Waals surface area contributed by atoms with Crippen LogP contribution in [0.5, 0.6) is 0 Å². The Morgan fingerprint density at radius 3 is 2.56 bits per heavy atom. The molecule has 2 heterocycles. The molecule has 4 nitrogen and oxygen atoms in total. The molecule has 2 saturated heterocycles. The minimum Gasteiger partial charge on any atom is -0.396 e. The van der Waals surface area contributed by atoms with Gasteiger partial charge in [-0.15, -0.1) is 0 Å². The fraction of sp³-hybridized carbons (Fsp3) is 0.810. The summed E-state index contributed by atoms with van der Waals surface area (Å²) in [7, 11) is 1.74. The number of hydrogen-bond acceptors (Lipinski definition) is 4. The summed E-state index contributed by atoms with van der Waals surface area (Å²) >= 11 is 0. The van der Waals surface area contributed by atoms with Crippen LogP contribution in [0.4, 0.5) is 0 Å². The Hall–Kier alpha value is -0.680. The third-order valence-corrected chi connectivity index (χ3v) is 5.71. The smallest absolute Gasteiger partial charge is 0.0813 e. The normalized spacial score (nSPS) is 34.5. The van der Waals surface area contributed by atoms with E-state index in [2.05, 4.69) is 27.0 Å².